The Morgan fingerprint density at radius 1 is 1.53 bits per heavy atom. The third kappa shape index (κ3) is 4.87. The molecule has 0 aromatic heterocycles. The number of nitrogens with zero attached hydrogens (tertiary/aromatic N) is 3. The molecule has 0 saturated carbocycles. The highest BCUT2D eigenvalue weighted by Crippen LogP contribution is 2.23. The van der Waals surface area contributed by atoms with E-state index in [2.05, 4.69) is 4.99 Å². The molecular formula is C13H17N3O3. The van der Waals surface area contributed by atoms with Crippen molar-refractivity contribution >= 4 is 17.9 Å². The number of nitro groups is 1. The zero-order valence-corrected chi connectivity index (χ0v) is 11.2. The molecule has 0 fully saturated rings. The highest BCUT2D eigenvalue weighted by atomic mass is 16.6. The number of aliphatic imine (C=N–C) groups is 1. The Balaban J connectivity index is 2.73. The van der Waals surface area contributed by atoms with Crippen molar-refractivity contribution in [3.05, 3.63) is 39.9 Å². The van der Waals surface area contributed by atoms with Gasteiger partial charge < -0.3 is 4.90 Å². The number of hydrogen-bond acceptors (Lipinski definition) is 3. The van der Waals surface area contributed by atoms with Gasteiger partial charge in [-0.1, -0.05) is 19.1 Å². The first-order valence-electron chi connectivity index (χ1n) is 5.88. The van der Waals surface area contributed by atoms with Crippen LogP contribution in [0.4, 0.5) is 5.69 Å². The molecule has 19 heavy (non-hydrogen) atoms. The molecule has 0 aliphatic rings. The smallest absolute Gasteiger partial charge is 0.269 e. The monoisotopic (exact) mass is 263 g/mol. The third-order valence-corrected chi connectivity index (χ3v) is 2.56. The minimum absolute atomic E-state index is 0.0357. The number of carbonyl (C=O) groups excluding carboxylic acids is 1. The van der Waals surface area contributed by atoms with Crippen LogP contribution in [0.25, 0.3) is 0 Å². The lowest BCUT2D eigenvalue weighted by Gasteiger charge is -2.09. The van der Waals surface area contributed by atoms with Crippen LogP contribution in [0, 0.1) is 10.1 Å². The van der Waals surface area contributed by atoms with Crippen LogP contribution in [-0.4, -0.2) is 36.2 Å². The van der Waals surface area contributed by atoms with Gasteiger partial charge in [-0.15, -0.1) is 0 Å². The molecule has 1 aromatic rings. The maximum absolute atomic E-state index is 11.6. The molecule has 0 radical (unpaired) electrons. The Hall–Kier alpha value is -2.24. The second-order valence-corrected chi connectivity index (χ2v) is 4.56. The van der Waals surface area contributed by atoms with Gasteiger partial charge in [-0.05, 0) is 11.5 Å². The molecule has 1 aromatic carbocycles. The highest BCUT2D eigenvalue weighted by Gasteiger charge is 2.13. The lowest BCUT2D eigenvalue weighted by Crippen LogP contribution is -2.10. The van der Waals surface area contributed by atoms with E-state index in [0.717, 1.165) is 5.56 Å². The molecular weight excluding hydrogens is 246 g/mol. The first-order chi connectivity index (χ1) is 8.90. The van der Waals surface area contributed by atoms with E-state index in [1.807, 2.05) is 6.92 Å². The number of non-ortho nitro benzene ring substituents is 1. The van der Waals surface area contributed by atoms with Crippen molar-refractivity contribution in [1.29, 1.82) is 0 Å². The summed E-state index contributed by atoms with van der Waals surface area (Å²) in [5, 5.41) is 10.7. The standard InChI is InChI=1S/C13H17N3O3/c1-10(7-13(17)14-9-15(2)3)11-5-4-6-12(8-11)16(18)19/h4-6,8-10H,7H2,1-3H3/t10-/m1/s1. The summed E-state index contributed by atoms with van der Waals surface area (Å²) in [6, 6.07) is 6.33. The molecule has 0 bridgehead atoms. The molecule has 0 N–H and O–H groups in total. The number of carbonyl (C=O) groups is 1. The van der Waals surface area contributed by atoms with Crippen LogP contribution in [0.1, 0.15) is 24.8 Å². The minimum Gasteiger partial charge on any atom is -0.369 e. The topological polar surface area (TPSA) is 75.8 Å². The fourth-order valence-corrected chi connectivity index (χ4v) is 1.56. The van der Waals surface area contributed by atoms with Crippen molar-refractivity contribution in [2.24, 2.45) is 4.99 Å². The number of benzene rings is 1. The van der Waals surface area contributed by atoms with Crippen LogP contribution < -0.4 is 0 Å². The quantitative estimate of drug-likeness (QED) is 0.353. The van der Waals surface area contributed by atoms with Gasteiger partial charge in [-0.25, -0.2) is 4.99 Å². The van der Waals surface area contributed by atoms with E-state index in [4.69, 9.17) is 0 Å². The molecule has 1 rings (SSSR count). The van der Waals surface area contributed by atoms with Gasteiger partial charge in [-0.2, -0.15) is 0 Å². The number of rotatable bonds is 5. The predicted octanol–water partition coefficient (Wildman–Crippen LogP) is 2.20. The zero-order valence-electron chi connectivity index (χ0n) is 11.2. The average Bonchev–Trinajstić information content (AvgIpc) is 2.36. The summed E-state index contributed by atoms with van der Waals surface area (Å²) >= 11 is 0. The molecule has 0 unspecified atom stereocenters. The summed E-state index contributed by atoms with van der Waals surface area (Å²) in [5.74, 6) is -0.348. The second-order valence-electron chi connectivity index (χ2n) is 4.56. The summed E-state index contributed by atoms with van der Waals surface area (Å²) in [5.41, 5.74) is 0.802. The Bertz CT molecular complexity index is 498. The van der Waals surface area contributed by atoms with Crippen LogP contribution in [0.5, 0.6) is 0 Å². The first kappa shape index (κ1) is 14.8. The predicted molar refractivity (Wildman–Crippen MR) is 73.3 cm³/mol. The van der Waals surface area contributed by atoms with Gasteiger partial charge in [0.25, 0.3) is 5.69 Å². The van der Waals surface area contributed by atoms with Gasteiger partial charge >= 0.3 is 0 Å². The molecule has 1 amide bonds. The highest BCUT2D eigenvalue weighted by molar-refractivity contribution is 5.84. The summed E-state index contributed by atoms with van der Waals surface area (Å²) in [6.07, 6.45) is 1.67. The summed E-state index contributed by atoms with van der Waals surface area (Å²) < 4.78 is 0. The van der Waals surface area contributed by atoms with Gasteiger partial charge in [0.05, 0.1) is 11.3 Å². The fourth-order valence-electron chi connectivity index (χ4n) is 1.56. The van der Waals surface area contributed by atoms with Crippen molar-refractivity contribution in [2.45, 2.75) is 19.3 Å². The normalized spacial score (nSPS) is 12.4. The van der Waals surface area contributed by atoms with E-state index in [1.54, 1.807) is 31.1 Å². The maximum atomic E-state index is 11.6. The zero-order chi connectivity index (χ0) is 14.4. The van der Waals surface area contributed by atoms with E-state index in [-0.39, 0.29) is 23.9 Å². The summed E-state index contributed by atoms with van der Waals surface area (Å²) in [6.45, 7) is 1.85. The van der Waals surface area contributed by atoms with Gasteiger partial charge in [-0.3, -0.25) is 14.9 Å². The van der Waals surface area contributed by atoms with E-state index in [1.165, 1.54) is 18.5 Å². The summed E-state index contributed by atoms with van der Waals surface area (Å²) in [4.78, 5) is 27.3. The van der Waals surface area contributed by atoms with Crippen LogP contribution in [0.3, 0.4) is 0 Å². The van der Waals surface area contributed by atoms with Crippen LogP contribution >= 0.6 is 0 Å². The average molecular weight is 263 g/mol. The third-order valence-electron chi connectivity index (χ3n) is 2.56. The Labute approximate surface area is 111 Å². The lowest BCUT2D eigenvalue weighted by molar-refractivity contribution is -0.384. The Morgan fingerprint density at radius 2 is 2.21 bits per heavy atom. The number of nitro benzene ring substituents is 1. The van der Waals surface area contributed by atoms with Crippen LogP contribution in [0.2, 0.25) is 0 Å². The molecule has 102 valence electrons. The van der Waals surface area contributed by atoms with Crippen LogP contribution in [0.15, 0.2) is 29.3 Å². The van der Waals surface area contributed by atoms with Gasteiger partial charge in [0.15, 0.2) is 0 Å². The Morgan fingerprint density at radius 3 is 2.79 bits per heavy atom. The SMILES string of the molecule is C[C@H](CC(=O)N=CN(C)C)c1cccc([N+](=O)[O-])c1. The number of hydrogen-bond donors (Lipinski definition) is 0. The van der Waals surface area contributed by atoms with Crippen molar-refractivity contribution < 1.29 is 9.72 Å². The van der Waals surface area contributed by atoms with Gasteiger partial charge in [0, 0.05) is 32.6 Å². The molecule has 6 nitrogen and oxygen atoms in total. The maximum Gasteiger partial charge on any atom is 0.269 e. The summed E-state index contributed by atoms with van der Waals surface area (Å²) in [7, 11) is 3.56. The molecule has 0 heterocycles. The Kier molecular flexibility index (Phi) is 5.17. The fraction of sp³-hybridized carbons (Fsp3) is 0.385. The van der Waals surface area contributed by atoms with E-state index < -0.39 is 4.92 Å². The molecule has 0 aliphatic carbocycles. The lowest BCUT2D eigenvalue weighted by atomic mass is 9.97. The number of amides is 1. The molecule has 0 aliphatic heterocycles. The first-order valence-corrected chi connectivity index (χ1v) is 5.88. The van der Waals surface area contributed by atoms with Crippen molar-refractivity contribution in [2.75, 3.05) is 14.1 Å². The van der Waals surface area contributed by atoms with Crippen LogP contribution in [-0.2, 0) is 4.79 Å². The minimum atomic E-state index is -0.442. The van der Waals surface area contributed by atoms with Crippen molar-refractivity contribution in [3.8, 4) is 0 Å². The van der Waals surface area contributed by atoms with Gasteiger partial charge in [0.2, 0.25) is 5.91 Å². The molecule has 0 saturated heterocycles. The largest absolute Gasteiger partial charge is 0.369 e. The van der Waals surface area contributed by atoms with Gasteiger partial charge in [0.1, 0.15) is 0 Å². The molecule has 0 spiro atoms. The van der Waals surface area contributed by atoms with E-state index >= 15 is 0 Å². The molecule has 6 heteroatoms. The van der Waals surface area contributed by atoms with E-state index in [0.29, 0.717) is 0 Å². The van der Waals surface area contributed by atoms with Crippen molar-refractivity contribution in [3.63, 3.8) is 0 Å². The van der Waals surface area contributed by atoms with Crippen molar-refractivity contribution in [1.82, 2.24) is 4.90 Å². The van der Waals surface area contributed by atoms with E-state index in [9.17, 15) is 14.9 Å². The second kappa shape index (κ2) is 6.63. The molecule has 1 atom stereocenters.